The van der Waals surface area contributed by atoms with Gasteiger partial charge in [-0.1, -0.05) is 60.3 Å². The third kappa shape index (κ3) is 5.11. The molecule has 1 N–H and O–H groups in total. The number of ether oxygens (including phenoxy) is 1. The van der Waals surface area contributed by atoms with Crippen molar-refractivity contribution in [2.75, 3.05) is 18.1 Å². The summed E-state index contributed by atoms with van der Waals surface area (Å²) in [5.74, 6) is 0.334. The van der Waals surface area contributed by atoms with E-state index in [1.807, 2.05) is 35.2 Å². The number of hydrogen-bond donors (Lipinski definition) is 1. The molecular weight excluding hydrogens is 436 g/mol. The Bertz CT molecular complexity index is 856. The topological polar surface area (TPSA) is 41.6 Å². The van der Waals surface area contributed by atoms with Gasteiger partial charge < -0.3 is 9.64 Å². The molecule has 28 heavy (non-hydrogen) atoms. The molecule has 6 heteroatoms. The third-order valence-corrected chi connectivity index (χ3v) is 5.61. The van der Waals surface area contributed by atoms with Crippen LogP contribution in [0.25, 0.3) is 0 Å². The van der Waals surface area contributed by atoms with E-state index in [-0.39, 0.29) is 5.91 Å². The van der Waals surface area contributed by atoms with Crippen LogP contribution in [0.4, 0.5) is 5.69 Å². The monoisotopic (exact) mass is 460 g/mol. The van der Waals surface area contributed by atoms with Crippen LogP contribution in [0.1, 0.15) is 48.5 Å². The Morgan fingerprint density at radius 2 is 2.04 bits per heavy atom. The van der Waals surface area contributed by atoms with Crippen molar-refractivity contribution in [2.24, 2.45) is 0 Å². The molecule has 1 heterocycles. The molecule has 0 bridgehead atoms. The fraction of sp³-hybridized carbons (Fsp3) is 0.364. The van der Waals surface area contributed by atoms with Gasteiger partial charge in [-0.2, -0.15) is 0 Å². The van der Waals surface area contributed by atoms with Crippen LogP contribution in [0, 0.1) is 0 Å². The van der Waals surface area contributed by atoms with Crippen molar-refractivity contribution < 1.29 is 9.53 Å². The number of carbonyl (C=O) groups is 1. The first-order chi connectivity index (χ1) is 13.6. The van der Waals surface area contributed by atoms with Gasteiger partial charge >= 0.3 is 0 Å². The fourth-order valence-electron chi connectivity index (χ4n) is 3.30. The Balaban J connectivity index is 1.66. The molecule has 1 aliphatic heterocycles. The van der Waals surface area contributed by atoms with Crippen LogP contribution in [0.15, 0.2) is 46.9 Å². The van der Waals surface area contributed by atoms with E-state index in [1.54, 1.807) is 6.07 Å². The van der Waals surface area contributed by atoms with Gasteiger partial charge in [0.05, 0.1) is 12.2 Å². The Hall–Kier alpha value is -1.92. The summed E-state index contributed by atoms with van der Waals surface area (Å²) < 4.78 is 6.71. The Kier molecular flexibility index (Phi) is 7.45. The summed E-state index contributed by atoms with van der Waals surface area (Å²) in [6.07, 6.45) is 5.42. The van der Waals surface area contributed by atoms with Crippen molar-refractivity contribution in [3.8, 4) is 5.75 Å². The summed E-state index contributed by atoms with van der Waals surface area (Å²) >= 11 is 8.96. The summed E-state index contributed by atoms with van der Waals surface area (Å²) in [7, 11) is 0. The SMILES string of the molecule is CCCCCCOc1ccc(Br)cc1C(=O)NC(=S)N1CCc2ccccc21. The van der Waals surface area contributed by atoms with Gasteiger partial charge in [-0.25, -0.2) is 0 Å². The number of nitrogens with one attached hydrogen (secondary N) is 1. The van der Waals surface area contributed by atoms with E-state index < -0.39 is 0 Å². The smallest absolute Gasteiger partial charge is 0.261 e. The number of para-hydroxylation sites is 1. The minimum Gasteiger partial charge on any atom is -0.493 e. The second-order valence-corrected chi connectivity index (χ2v) is 8.14. The van der Waals surface area contributed by atoms with E-state index >= 15 is 0 Å². The number of unbranched alkanes of at least 4 members (excludes halogenated alkanes) is 3. The van der Waals surface area contributed by atoms with Gasteiger partial charge in [-0.15, -0.1) is 0 Å². The maximum Gasteiger partial charge on any atom is 0.261 e. The highest BCUT2D eigenvalue weighted by atomic mass is 79.9. The second-order valence-electron chi connectivity index (χ2n) is 6.84. The largest absolute Gasteiger partial charge is 0.493 e. The molecule has 0 saturated carbocycles. The van der Waals surface area contributed by atoms with Crippen molar-refractivity contribution in [3.63, 3.8) is 0 Å². The standard InChI is InChI=1S/C22H25BrN2O2S/c1-2-3-4-7-14-27-20-11-10-17(23)15-18(20)21(26)24-22(28)25-13-12-16-8-5-6-9-19(16)25/h5-6,8-11,15H,2-4,7,12-14H2,1H3,(H,24,26,28). The highest BCUT2D eigenvalue weighted by Gasteiger charge is 2.24. The number of carbonyl (C=O) groups excluding carboxylic acids is 1. The fourth-order valence-corrected chi connectivity index (χ4v) is 3.94. The average Bonchev–Trinajstić information content (AvgIpc) is 3.13. The molecule has 2 aromatic carbocycles. The summed E-state index contributed by atoms with van der Waals surface area (Å²) in [6, 6.07) is 13.6. The molecule has 4 nitrogen and oxygen atoms in total. The van der Waals surface area contributed by atoms with Crippen molar-refractivity contribution in [1.82, 2.24) is 5.32 Å². The number of thiocarbonyl (C=S) groups is 1. The number of benzene rings is 2. The van der Waals surface area contributed by atoms with Gasteiger partial charge in [0.1, 0.15) is 5.75 Å². The van der Waals surface area contributed by atoms with E-state index in [0.717, 1.165) is 36.0 Å². The molecule has 3 rings (SSSR count). The minimum absolute atomic E-state index is 0.251. The molecule has 0 saturated heterocycles. The van der Waals surface area contributed by atoms with Crippen LogP contribution in [0.2, 0.25) is 0 Å². The van der Waals surface area contributed by atoms with E-state index in [0.29, 0.717) is 23.0 Å². The summed E-state index contributed by atoms with van der Waals surface area (Å²) in [6.45, 7) is 3.56. The average molecular weight is 461 g/mol. The lowest BCUT2D eigenvalue weighted by Gasteiger charge is -2.21. The van der Waals surface area contributed by atoms with Crippen LogP contribution in [-0.4, -0.2) is 24.2 Å². The summed E-state index contributed by atoms with van der Waals surface area (Å²) in [5, 5.41) is 3.30. The number of fused-ring (bicyclic) bond motifs is 1. The zero-order chi connectivity index (χ0) is 19.9. The van der Waals surface area contributed by atoms with E-state index in [1.165, 1.54) is 18.4 Å². The van der Waals surface area contributed by atoms with Gasteiger partial charge in [-0.3, -0.25) is 10.1 Å². The van der Waals surface area contributed by atoms with Crippen LogP contribution >= 0.6 is 28.1 Å². The highest BCUT2D eigenvalue weighted by Crippen LogP contribution is 2.28. The Labute approximate surface area is 180 Å². The minimum atomic E-state index is -0.251. The first-order valence-electron chi connectivity index (χ1n) is 9.73. The molecule has 0 spiro atoms. The normalized spacial score (nSPS) is 12.6. The molecular formula is C22H25BrN2O2S. The molecule has 0 fully saturated rings. The number of halogens is 1. The lowest BCUT2D eigenvalue weighted by molar-refractivity contribution is 0.0973. The number of rotatable bonds is 7. The zero-order valence-corrected chi connectivity index (χ0v) is 18.4. The van der Waals surface area contributed by atoms with Crippen LogP contribution in [0.5, 0.6) is 5.75 Å². The summed E-state index contributed by atoms with van der Waals surface area (Å²) in [5.41, 5.74) is 2.80. The number of nitrogens with zero attached hydrogens (tertiary/aromatic N) is 1. The zero-order valence-electron chi connectivity index (χ0n) is 16.0. The van der Waals surface area contributed by atoms with Crippen molar-refractivity contribution >= 4 is 44.9 Å². The van der Waals surface area contributed by atoms with Crippen LogP contribution in [0.3, 0.4) is 0 Å². The molecule has 2 aromatic rings. The highest BCUT2D eigenvalue weighted by molar-refractivity contribution is 9.10. The van der Waals surface area contributed by atoms with E-state index in [9.17, 15) is 4.79 Å². The van der Waals surface area contributed by atoms with Gasteiger partial charge in [0.25, 0.3) is 5.91 Å². The van der Waals surface area contributed by atoms with Gasteiger partial charge in [-0.05, 0) is 54.9 Å². The molecule has 1 aliphatic rings. The molecule has 0 radical (unpaired) electrons. The third-order valence-electron chi connectivity index (χ3n) is 4.79. The number of hydrogen-bond acceptors (Lipinski definition) is 3. The Morgan fingerprint density at radius 3 is 2.86 bits per heavy atom. The number of amides is 1. The maximum atomic E-state index is 12.9. The van der Waals surface area contributed by atoms with Gasteiger partial charge in [0.15, 0.2) is 5.11 Å². The molecule has 0 unspecified atom stereocenters. The van der Waals surface area contributed by atoms with E-state index in [4.69, 9.17) is 17.0 Å². The molecule has 0 atom stereocenters. The Morgan fingerprint density at radius 1 is 1.21 bits per heavy atom. The molecule has 148 valence electrons. The predicted octanol–water partition coefficient (Wildman–Crippen LogP) is 5.49. The predicted molar refractivity (Wildman–Crippen MR) is 121 cm³/mol. The first kappa shape index (κ1) is 20.8. The van der Waals surface area contributed by atoms with Crippen molar-refractivity contribution in [2.45, 2.75) is 39.0 Å². The van der Waals surface area contributed by atoms with Gasteiger partial charge in [0.2, 0.25) is 0 Å². The molecule has 1 amide bonds. The second kappa shape index (κ2) is 10.0. The van der Waals surface area contributed by atoms with Gasteiger partial charge in [0, 0.05) is 16.7 Å². The van der Waals surface area contributed by atoms with Crippen LogP contribution < -0.4 is 15.0 Å². The lowest BCUT2D eigenvalue weighted by Crippen LogP contribution is -2.42. The quantitative estimate of drug-likeness (QED) is 0.438. The van der Waals surface area contributed by atoms with Crippen molar-refractivity contribution in [1.29, 1.82) is 0 Å². The van der Waals surface area contributed by atoms with Crippen molar-refractivity contribution in [3.05, 3.63) is 58.1 Å². The molecule has 0 aromatic heterocycles. The summed E-state index contributed by atoms with van der Waals surface area (Å²) in [4.78, 5) is 14.9. The molecule has 0 aliphatic carbocycles. The lowest BCUT2D eigenvalue weighted by atomic mass is 10.2. The maximum absolute atomic E-state index is 12.9. The first-order valence-corrected chi connectivity index (χ1v) is 10.9. The van der Waals surface area contributed by atoms with Crippen LogP contribution in [-0.2, 0) is 6.42 Å². The number of anilines is 1. The van der Waals surface area contributed by atoms with E-state index in [2.05, 4.69) is 34.2 Å².